The van der Waals surface area contributed by atoms with E-state index in [0.29, 0.717) is 11.4 Å². The van der Waals surface area contributed by atoms with Gasteiger partial charge in [-0.15, -0.1) is 0 Å². The van der Waals surface area contributed by atoms with Crippen LogP contribution >= 0.6 is 0 Å². The minimum atomic E-state index is -3.60. The number of benzene rings is 1. The van der Waals surface area contributed by atoms with Gasteiger partial charge in [0.15, 0.2) is 0 Å². The highest BCUT2D eigenvalue weighted by Crippen LogP contribution is 2.36. The molecule has 1 aromatic carbocycles. The molecular weight excluding hydrogens is 372 g/mol. The molecule has 2 fully saturated rings. The first-order valence-corrected chi connectivity index (χ1v) is 12.3. The molecule has 0 aromatic heterocycles. The van der Waals surface area contributed by atoms with E-state index < -0.39 is 10.0 Å². The zero-order valence-electron chi connectivity index (χ0n) is 16.9. The number of aryl methyl sites for hydroxylation is 2. The lowest BCUT2D eigenvalue weighted by molar-refractivity contribution is -0.135. The molecule has 1 amide bonds. The number of rotatable bonds is 2. The molecule has 6 heteroatoms. The Morgan fingerprint density at radius 2 is 1.64 bits per heavy atom. The first-order valence-electron chi connectivity index (χ1n) is 10.9. The molecule has 2 atom stereocenters. The van der Waals surface area contributed by atoms with Gasteiger partial charge in [0, 0.05) is 26.2 Å². The molecule has 3 aliphatic rings. The number of hydrogen-bond acceptors (Lipinski definition) is 3. The van der Waals surface area contributed by atoms with Gasteiger partial charge in [-0.05, 0) is 68.2 Å². The van der Waals surface area contributed by atoms with E-state index in [-0.39, 0.29) is 17.9 Å². The molecule has 0 spiro atoms. The fraction of sp³-hybridized carbons (Fsp3) is 0.682. The van der Waals surface area contributed by atoms with Crippen LogP contribution in [0.25, 0.3) is 0 Å². The van der Waals surface area contributed by atoms with Crippen molar-refractivity contribution < 1.29 is 13.2 Å². The Balaban J connectivity index is 1.68. The van der Waals surface area contributed by atoms with E-state index >= 15 is 0 Å². The summed E-state index contributed by atoms with van der Waals surface area (Å²) in [6.07, 6.45) is 9.54. The molecule has 1 aliphatic heterocycles. The van der Waals surface area contributed by atoms with Crippen molar-refractivity contribution in [2.75, 3.05) is 20.1 Å². The highest BCUT2D eigenvalue weighted by molar-refractivity contribution is 7.89. The Labute approximate surface area is 169 Å². The van der Waals surface area contributed by atoms with Gasteiger partial charge in [-0.2, -0.15) is 4.31 Å². The molecule has 0 radical (unpaired) electrons. The average Bonchev–Trinajstić information content (AvgIpc) is 3.34. The monoisotopic (exact) mass is 404 g/mol. The first-order chi connectivity index (χ1) is 13.5. The van der Waals surface area contributed by atoms with Gasteiger partial charge in [-0.3, -0.25) is 4.79 Å². The van der Waals surface area contributed by atoms with Crippen molar-refractivity contribution in [3.63, 3.8) is 0 Å². The normalized spacial score (nSPS) is 27.3. The third-order valence-corrected chi connectivity index (χ3v) is 8.76. The molecular formula is C22H32N2O3S. The van der Waals surface area contributed by atoms with Crippen LogP contribution in [0.5, 0.6) is 0 Å². The standard InChI is InChI=1S/C22H32N2O3S/c1-23-14-4-2-3-5-15-24(21-11-7-10-20(21)22(23)25)28(26,27)19-13-12-17-8-6-9-18(17)16-19/h12-13,16,20-21H,2-11,14-15H2,1H3/t20-,21+/m1/s1. The maximum absolute atomic E-state index is 13.7. The number of carbonyl (C=O) groups excluding carboxylic acids is 1. The molecule has 1 saturated carbocycles. The van der Waals surface area contributed by atoms with E-state index in [2.05, 4.69) is 0 Å². The van der Waals surface area contributed by atoms with Crippen LogP contribution in [0.3, 0.4) is 0 Å². The fourth-order valence-corrected chi connectivity index (χ4v) is 7.03. The largest absolute Gasteiger partial charge is 0.345 e. The highest BCUT2D eigenvalue weighted by atomic mass is 32.2. The highest BCUT2D eigenvalue weighted by Gasteiger charge is 2.43. The van der Waals surface area contributed by atoms with Gasteiger partial charge in [0.2, 0.25) is 15.9 Å². The van der Waals surface area contributed by atoms with E-state index in [1.165, 1.54) is 11.1 Å². The minimum absolute atomic E-state index is 0.124. The topological polar surface area (TPSA) is 57.7 Å². The van der Waals surface area contributed by atoms with Crippen LogP contribution in [0.1, 0.15) is 62.5 Å². The SMILES string of the molecule is CN1CCCCCCN(S(=O)(=O)c2ccc3c(c2)CCC3)[C@H]2CCC[C@H]2C1=O. The predicted molar refractivity (Wildman–Crippen MR) is 110 cm³/mol. The third-order valence-electron chi connectivity index (χ3n) is 6.84. The molecule has 154 valence electrons. The quantitative estimate of drug-likeness (QED) is 0.759. The molecule has 1 aromatic rings. The lowest BCUT2D eigenvalue weighted by atomic mass is 10.0. The summed E-state index contributed by atoms with van der Waals surface area (Å²) in [7, 11) is -1.73. The summed E-state index contributed by atoms with van der Waals surface area (Å²) < 4.78 is 29.0. The third kappa shape index (κ3) is 3.73. The zero-order valence-corrected chi connectivity index (χ0v) is 17.7. The lowest BCUT2D eigenvalue weighted by Gasteiger charge is -2.33. The Bertz CT molecular complexity index is 836. The van der Waals surface area contributed by atoms with Crippen molar-refractivity contribution in [3.8, 4) is 0 Å². The second-order valence-corrected chi connectivity index (χ2v) is 10.6. The number of sulfonamides is 1. The van der Waals surface area contributed by atoms with Gasteiger partial charge in [-0.25, -0.2) is 8.42 Å². The molecule has 1 heterocycles. The number of fused-ring (bicyclic) bond motifs is 2. The Morgan fingerprint density at radius 1 is 0.893 bits per heavy atom. The molecule has 5 nitrogen and oxygen atoms in total. The van der Waals surface area contributed by atoms with Crippen LogP contribution in [0, 0.1) is 5.92 Å². The van der Waals surface area contributed by atoms with E-state index in [1.807, 2.05) is 24.1 Å². The lowest BCUT2D eigenvalue weighted by Crippen LogP contribution is -2.47. The van der Waals surface area contributed by atoms with Gasteiger partial charge < -0.3 is 4.90 Å². The maximum atomic E-state index is 13.7. The molecule has 0 bridgehead atoms. The van der Waals surface area contributed by atoms with Crippen molar-refractivity contribution >= 4 is 15.9 Å². The van der Waals surface area contributed by atoms with Gasteiger partial charge >= 0.3 is 0 Å². The molecule has 1 saturated heterocycles. The summed E-state index contributed by atoms with van der Waals surface area (Å²) in [5, 5.41) is 0. The van der Waals surface area contributed by atoms with Crippen LogP contribution < -0.4 is 0 Å². The molecule has 0 unspecified atom stereocenters. The summed E-state index contributed by atoms with van der Waals surface area (Å²) >= 11 is 0. The predicted octanol–water partition coefficient (Wildman–Crippen LogP) is 3.37. The van der Waals surface area contributed by atoms with Crippen LogP contribution in [0.15, 0.2) is 23.1 Å². The molecule has 2 aliphatic carbocycles. The van der Waals surface area contributed by atoms with Crippen LogP contribution in [-0.2, 0) is 27.7 Å². The molecule has 0 N–H and O–H groups in total. The van der Waals surface area contributed by atoms with Crippen molar-refractivity contribution in [1.82, 2.24) is 9.21 Å². The van der Waals surface area contributed by atoms with Crippen LogP contribution in [0.4, 0.5) is 0 Å². The molecule has 28 heavy (non-hydrogen) atoms. The summed E-state index contributed by atoms with van der Waals surface area (Å²) in [5.74, 6) is -0.0779. The van der Waals surface area contributed by atoms with Gasteiger partial charge in [-0.1, -0.05) is 25.3 Å². The number of amides is 1. The van der Waals surface area contributed by atoms with Crippen molar-refractivity contribution in [2.45, 2.75) is 75.1 Å². The van der Waals surface area contributed by atoms with Gasteiger partial charge in [0.25, 0.3) is 0 Å². The van der Waals surface area contributed by atoms with Crippen molar-refractivity contribution in [3.05, 3.63) is 29.3 Å². The van der Waals surface area contributed by atoms with Gasteiger partial charge in [0.05, 0.1) is 10.8 Å². The minimum Gasteiger partial charge on any atom is -0.345 e. The summed E-state index contributed by atoms with van der Waals surface area (Å²) in [6, 6.07) is 5.46. The summed E-state index contributed by atoms with van der Waals surface area (Å²) in [5.41, 5.74) is 2.46. The Kier molecular flexibility index (Phi) is 5.79. The number of hydrogen-bond donors (Lipinski definition) is 0. The summed E-state index contributed by atoms with van der Waals surface area (Å²) in [4.78, 5) is 15.3. The second-order valence-electron chi connectivity index (χ2n) is 8.68. The smallest absolute Gasteiger partial charge is 0.243 e. The van der Waals surface area contributed by atoms with Crippen LogP contribution in [-0.4, -0.2) is 49.7 Å². The van der Waals surface area contributed by atoms with Crippen LogP contribution in [0.2, 0.25) is 0 Å². The fourth-order valence-electron chi connectivity index (χ4n) is 5.24. The van der Waals surface area contributed by atoms with Crippen molar-refractivity contribution in [1.29, 1.82) is 0 Å². The Hall–Kier alpha value is -1.40. The zero-order chi connectivity index (χ0) is 19.7. The first kappa shape index (κ1) is 19.9. The maximum Gasteiger partial charge on any atom is 0.243 e. The van der Waals surface area contributed by atoms with E-state index in [1.54, 1.807) is 10.4 Å². The number of nitrogens with zero attached hydrogens (tertiary/aromatic N) is 2. The van der Waals surface area contributed by atoms with Gasteiger partial charge in [0.1, 0.15) is 0 Å². The number of carbonyl (C=O) groups is 1. The summed E-state index contributed by atoms with van der Waals surface area (Å²) in [6.45, 7) is 1.30. The van der Waals surface area contributed by atoms with E-state index in [0.717, 1.165) is 70.8 Å². The van der Waals surface area contributed by atoms with E-state index in [9.17, 15) is 13.2 Å². The average molecular weight is 405 g/mol. The van der Waals surface area contributed by atoms with Crippen molar-refractivity contribution in [2.24, 2.45) is 5.92 Å². The second kappa shape index (κ2) is 8.15. The Morgan fingerprint density at radius 3 is 2.46 bits per heavy atom. The molecule has 4 rings (SSSR count). The van der Waals surface area contributed by atoms with E-state index in [4.69, 9.17) is 0 Å².